The molecule has 1 aliphatic rings. The van der Waals surface area contributed by atoms with Crippen LogP contribution in [0.1, 0.15) is 33.1 Å². The molecule has 0 amide bonds. The summed E-state index contributed by atoms with van der Waals surface area (Å²) >= 11 is 6.08. The molecule has 1 rings (SSSR count). The Labute approximate surface area is 74.1 Å². The van der Waals surface area contributed by atoms with Gasteiger partial charge in [0, 0.05) is 12.0 Å². The van der Waals surface area contributed by atoms with Gasteiger partial charge in [0.2, 0.25) is 0 Å². The van der Waals surface area contributed by atoms with Crippen molar-refractivity contribution in [2.45, 2.75) is 44.6 Å². The largest absolute Gasteiger partial charge is 0.378 e. The summed E-state index contributed by atoms with van der Waals surface area (Å²) in [6, 6.07) is 0. The summed E-state index contributed by atoms with van der Waals surface area (Å²) in [6.07, 6.45) is 3.95. The molecule has 0 saturated heterocycles. The maximum atomic E-state index is 6.08. The molecule has 1 fully saturated rings. The van der Waals surface area contributed by atoms with E-state index in [1.165, 1.54) is 12.8 Å². The van der Waals surface area contributed by atoms with E-state index in [-0.39, 0.29) is 0 Å². The SMILES string of the molecule is CCOC1CC(C(Cl)CC)C1. The summed E-state index contributed by atoms with van der Waals surface area (Å²) in [7, 11) is 0. The number of hydrogen-bond donors (Lipinski definition) is 0. The average Bonchev–Trinajstić information content (AvgIpc) is 1.94. The summed E-state index contributed by atoms with van der Waals surface area (Å²) in [5.41, 5.74) is 0. The Bertz CT molecular complexity index is 110. The van der Waals surface area contributed by atoms with Crippen LogP contribution in [0.4, 0.5) is 0 Å². The molecule has 0 aliphatic heterocycles. The van der Waals surface area contributed by atoms with E-state index in [9.17, 15) is 0 Å². The summed E-state index contributed by atoms with van der Waals surface area (Å²) in [4.78, 5) is 0. The Balaban J connectivity index is 2.08. The van der Waals surface area contributed by atoms with E-state index in [4.69, 9.17) is 16.3 Å². The molecular weight excluding hydrogens is 160 g/mol. The molecule has 0 heterocycles. The zero-order valence-corrected chi connectivity index (χ0v) is 8.10. The molecule has 0 aromatic carbocycles. The van der Waals surface area contributed by atoms with E-state index in [0.717, 1.165) is 18.9 Å². The quantitative estimate of drug-likeness (QED) is 0.599. The fourth-order valence-corrected chi connectivity index (χ4v) is 1.81. The molecule has 2 heteroatoms. The first-order chi connectivity index (χ1) is 5.27. The standard InChI is InChI=1S/C9H17ClO/c1-3-9(10)7-5-8(6-7)11-4-2/h7-9H,3-6H2,1-2H3. The molecule has 0 spiro atoms. The van der Waals surface area contributed by atoms with Crippen LogP contribution in [0.25, 0.3) is 0 Å². The highest BCUT2D eigenvalue weighted by Gasteiger charge is 2.33. The maximum Gasteiger partial charge on any atom is 0.0581 e. The topological polar surface area (TPSA) is 9.23 Å². The number of hydrogen-bond acceptors (Lipinski definition) is 1. The molecule has 0 radical (unpaired) electrons. The third kappa shape index (κ3) is 2.34. The van der Waals surface area contributed by atoms with E-state index in [2.05, 4.69) is 6.92 Å². The van der Waals surface area contributed by atoms with Crippen molar-refractivity contribution in [1.82, 2.24) is 0 Å². The Morgan fingerprint density at radius 1 is 1.45 bits per heavy atom. The van der Waals surface area contributed by atoms with E-state index in [1.807, 2.05) is 6.92 Å². The minimum Gasteiger partial charge on any atom is -0.378 e. The molecule has 1 nitrogen and oxygen atoms in total. The van der Waals surface area contributed by atoms with Crippen molar-refractivity contribution >= 4 is 11.6 Å². The molecule has 0 aromatic rings. The van der Waals surface area contributed by atoms with Crippen molar-refractivity contribution in [3.05, 3.63) is 0 Å². The first-order valence-corrected chi connectivity index (χ1v) is 4.97. The minimum absolute atomic E-state index is 0.381. The highest BCUT2D eigenvalue weighted by atomic mass is 35.5. The first-order valence-electron chi connectivity index (χ1n) is 4.53. The zero-order valence-electron chi connectivity index (χ0n) is 7.35. The monoisotopic (exact) mass is 176 g/mol. The van der Waals surface area contributed by atoms with E-state index < -0.39 is 0 Å². The zero-order chi connectivity index (χ0) is 8.27. The predicted octanol–water partition coefficient (Wildman–Crippen LogP) is 2.82. The summed E-state index contributed by atoms with van der Waals surface area (Å²) in [5.74, 6) is 0.721. The van der Waals surface area contributed by atoms with Gasteiger partial charge in [-0.05, 0) is 32.1 Å². The van der Waals surface area contributed by atoms with Gasteiger partial charge in [-0.15, -0.1) is 11.6 Å². The minimum atomic E-state index is 0.381. The lowest BCUT2D eigenvalue weighted by Gasteiger charge is -2.37. The van der Waals surface area contributed by atoms with Crippen molar-refractivity contribution in [2.24, 2.45) is 5.92 Å². The fourth-order valence-electron chi connectivity index (χ4n) is 1.61. The van der Waals surface area contributed by atoms with Crippen LogP contribution in [-0.2, 0) is 4.74 Å². The van der Waals surface area contributed by atoms with Gasteiger partial charge in [-0.1, -0.05) is 6.92 Å². The van der Waals surface area contributed by atoms with Crippen LogP contribution >= 0.6 is 11.6 Å². The van der Waals surface area contributed by atoms with Gasteiger partial charge in [-0.25, -0.2) is 0 Å². The van der Waals surface area contributed by atoms with Crippen LogP contribution in [-0.4, -0.2) is 18.1 Å². The van der Waals surface area contributed by atoms with Gasteiger partial charge in [0.1, 0.15) is 0 Å². The van der Waals surface area contributed by atoms with Crippen LogP contribution in [0.5, 0.6) is 0 Å². The normalized spacial score (nSPS) is 33.0. The Kier molecular flexibility index (Phi) is 3.67. The molecule has 1 atom stereocenters. The Morgan fingerprint density at radius 3 is 2.55 bits per heavy atom. The van der Waals surface area contributed by atoms with Gasteiger partial charge in [0.05, 0.1) is 6.10 Å². The summed E-state index contributed by atoms with van der Waals surface area (Å²) in [6.45, 7) is 5.04. The third-order valence-corrected chi connectivity index (χ3v) is 3.10. The molecule has 1 saturated carbocycles. The molecular formula is C9H17ClO. The second-order valence-electron chi connectivity index (χ2n) is 3.23. The average molecular weight is 177 g/mol. The van der Waals surface area contributed by atoms with E-state index >= 15 is 0 Å². The number of halogens is 1. The maximum absolute atomic E-state index is 6.08. The lowest BCUT2D eigenvalue weighted by atomic mass is 9.79. The van der Waals surface area contributed by atoms with E-state index in [1.54, 1.807) is 0 Å². The van der Waals surface area contributed by atoms with Crippen LogP contribution in [0, 0.1) is 5.92 Å². The molecule has 66 valence electrons. The van der Waals surface area contributed by atoms with Crippen LogP contribution in [0.15, 0.2) is 0 Å². The van der Waals surface area contributed by atoms with Crippen LogP contribution < -0.4 is 0 Å². The second-order valence-corrected chi connectivity index (χ2v) is 3.79. The van der Waals surface area contributed by atoms with Crippen molar-refractivity contribution in [3.63, 3.8) is 0 Å². The third-order valence-electron chi connectivity index (χ3n) is 2.44. The lowest BCUT2D eigenvalue weighted by Crippen LogP contribution is -2.36. The smallest absolute Gasteiger partial charge is 0.0581 e. The molecule has 0 N–H and O–H groups in total. The molecule has 1 aliphatic carbocycles. The molecule has 0 aromatic heterocycles. The van der Waals surface area contributed by atoms with Crippen molar-refractivity contribution in [3.8, 4) is 0 Å². The highest BCUT2D eigenvalue weighted by molar-refractivity contribution is 6.20. The predicted molar refractivity (Wildman–Crippen MR) is 48.1 cm³/mol. The molecule has 11 heavy (non-hydrogen) atoms. The van der Waals surface area contributed by atoms with Crippen molar-refractivity contribution in [2.75, 3.05) is 6.61 Å². The first kappa shape index (κ1) is 9.34. The summed E-state index contributed by atoms with van der Waals surface area (Å²) in [5, 5.41) is 0.381. The van der Waals surface area contributed by atoms with E-state index in [0.29, 0.717) is 11.5 Å². The highest BCUT2D eigenvalue weighted by Crippen LogP contribution is 2.36. The summed E-state index contributed by atoms with van der Waals surface area (Å²) < 4.78 is 5.44. The van der Waals surface area contributed by atoms with Gasteiger partial charge in [0.15, 0.2) is 0 Å². The van der Waals surface area contributed by atoms with Crippen molar-refractivity contribution < 1.29 is 4.74 Å². The van der Waals surface area contributed by atoms with Gasteiger partial charge in [-0.3, -0.25) is 0 Å². The van der Waals surface area contributed by atoms with Gasteiger partial charge in [0.25, 0.3) is 0 Å². The second kappa shape index (κ2) is 4.32. The van der Waals surface area contributed by atoms with Crippen LogP contribution in [0.2, 0.25) is 0 Å². The van der Waals surface area contributed by atoms with Gasteiger partial charge in [-0.2, -0.15) is 0 Å². The van der Waals surface area contributed by atoms with Crippen LogP contribution in [0.3, 0.4) is 0 Å². The van der Waals surface area contributed by atoms with Gasteiger partial charge < -0.3 is 4.74 Å². The molecule has 0 bridgehead atoms. The van der Waals surface area contributed by atoms with Crippen molar-refractivity contribution in [1.29, 1.82) is 0 Å². The number of rotatable bonds is 4. The Hall–Kier alpha value is 0.250. The Morgan fingerprint density at radius 2 is 2.09 bits per heavy atom. The fraction of sp³-hybridized carbons (Fsp3) is 1.00. The van der Waals surface area contributed by atoms with Gasteiger partial charge >= 0.3 is 0 Å². The lowest BCUT2D eigenvalue weighted by molar-refractivity contribution is -0.0254. The molecule has 1 unspecified atom stereocenters. The number of alkyl halides is 1. The number of ether oxygens (including phenoxy) is 1.